The maximum absolute atomic E-state index is 12.4. The van der Waals surface area contributed by atoms with E-state index in [-0.39, 0.29) is 0 Å². The Balaban J connectivity index is 1.93. The molecule has 0 radical (unpaired) electrons. The van der Waals surface area contributed by atoms with Crippen molar-refractivity contribution in [3.8, 4) is 0 Å². The quantitative estimate of drug-likeness (QED) is 0.729. The Labute approximate surface area is 126 Å². The van der Waals surface area contributed by atoms with Gasteiger partial charge in [-0.2, -0.15) is 12.7 Å². The van der Waals surface area contributed by atoms with Crippen molar-refractivity contribution in [1.29, 1.82) is 0 Å². The van der Waals surface area contributed by atoms with Gasteiger partial charge in [-0.1, -0.05) is 6.92 Å². The van der Waals surface area contributed by atoms with Crippen molar-refractivity contribution in [2.45, 2.75) is 26.2 Å². The Hall–Kier alpha value is -1.25. The number of hydrogen-bond acceptors (Lipinski definition) is 5. The van der Waals surface area contributed by atoms with Gasteiger partial charge in [0.05, 0.1) is 18.1 Å². The molecular weight excluding hydrogens is 290 g/mol. The van der Waals surface area contributed by atoms with Gasteiger partial charge in [-0.25, -0.2) is 9.97 Å². The van der Waals surface area contributed by atoms with Crippen molar-refractivity contribution in [3.63, 3.8) is 0 Å². The second-order valence-electron chi connectivity index (χ2n) is 5.30. The van der Waals surface area contributed by atoms with E-state index in [1.54, 1.807) is 0 Å². The van der Waals surface area contributed by atoms with Gasteiger partial charge < -0.3 is 5.32 Å². The molecule has 1 aromatic heterocycles. The first kappa shape index (κ1) is 16.1. The molecule has 0 amide bonds. The molecule has 1 aliphatic rings. The van der Waals surface area contributed by atoms with Crippen LogP contribution in [0.4, 0.5) is 5.69 Å². The van der Waals surface area contributed by atoms with Crippen LogP contribution in [-0.4, -0.2) is 48.9 Å². The number of nitrogens with zero attached hydrogens (tertiary/aromatic N) is 3. The number of hydrogen-bond donors (Lipinski definition) is 2. The Kier molecular flexibility index (Phi) is 5.89. The van der Waals surface area contributed by atoms with Crippen LogP contribution >= 0.6 is 0 Å². The summed E-state index contributed by atoms with van der Waals surface area (Å²) in [6, 6.07) is 0. The molecule has 1 aliphatic heterocycles. The van der Waals surface area contributed by atoms with Crippen LogP contribution in [0.25, 0.3) is 0 Å². The first-order valence-corrected chi connectivity index (χ1v) is 8.79. The maximum Gasteiger partial charge on any atom is 0.301 e. The van der Waals surface area contributed by atoms with Crippen LogP contribution in [0.15, 0.2) is 18.7 Å². The molecule has 0 spiro atoms. The van der Waals surface area contributed by atoms with Gasteiger partial charge in [0, 0.05) is 13.1 Å². The minimum atomic E-state index is -3.52. The summed E-state index contributed by atoms with van der Waals surface area (Å²) >= 11 is 0. The number of anilines is 1. The van der Waals surface area contributed by atoms with E-state index in [2.05, 4.69) is 26.9 Å². The van der Waals surface area contributed by atoms with Crippen molar-refractivity contribution in [3.05, 3.63) is 18.7 Å². The second-order valence-corrected chi connectivity index (χ2v) is 6.98. The number of aromatic nitrogens is 2. The topological polar surface area (TPSA) is 87.2 Å². The molecule has 1 aromatic rings. The van der Waals surface area contributed by atoms with Crippen molar-refractivity contribution < 1.29 is 8.42 Å². The predicted octanol–water partition coefficient (Wildman–Crippen LogP) is 0.845. The summed E-state index contributed by atoms with van der Waals surface area (Å²) in [5.41, 5.74) is 0.392. The van der Waals surface area contributed by atoms with E-state index in [9.17, 15) is 8.42 Å². The van der Waals surface area contributed by atoms with Crippen LogP contribution in [0.2, 0.25) is 0 Å². The summed E-state index contributed by atoms with van der Waals surface area (Å²) in [6.07, 6.45) is 7.32. The predicted molar refractivity (Wildman–Crippen MR) is 82.0 cm³/mol. The first-order valence-electron chi connectivity index (χ1n) is 7.35. The summed E-state index contributed by atoms with van der Waals surface area (Å²) in [5, 5.41) is 3.36. The van der Waals surface area contributed by atoms with Gasteiger partial charge in [-0.05, 0) is 38.3 Å². The van der Waals surface area contributed by atoms with Crippen molar-refractivity contribution in [2.24, 2.45) is 5.92 Å². The van der Waals surface area contributed by atoms with Gasteiger partial charge in [0.1, 0.15) is 6.33 Å². The van der Waals surface area contributed by atoms with Crippen molar-refractivity contribution in [2.75, 3.05) is 30.9 Å². The zero-order valence-electron chi connectivity index (χ0n) is 12.3. The van der Waals surface area contributed by atoms with E-state index in [0.717, 1.165) is 32.4 Å². The molecule has 0 saturated carbocycles. The van der Waals surface area contributed by atoms with Crippen LogP contribution in [0.1, 0.15) is 26.2 Å². The normalized spacial score (nSPS) is 20.3. The monoisotopic (exact) mass is 313 g/mol. The lowest BCUT2D eigenvalue weighted by atomic mass is 10.00. The lowest BCUT2D eigenvalue weighted by Gasteiger charge is -2.32. The molecule has 1 saturated heterocycles. The van der Waals surface area contributed by atoms with E-state index < -0.39 is 10.2 Å². The van der Waals surface area contributed by atoms with Gasteiger partial charge in [-0.15, -0.1) is 0 Å². The van der Waals surface area contributed by atoms with Crippen LogP contribution in [0.5, 0.6) is 0 Å². The van der Waals surface area contributed by atoms with Gasteiger partial charge in [0.25, 0.3) is 0 Å². The third-order valence-corrected chi connectivity index (χ3v) is 4.99. The lowest BCUT2D eigenvalue weighted by Crippen LogP contribution is -2.45. The summed E-state index contributed by atoms with van der Waals surface area (Å²) in [7, 11) is -3.52. The zero-order valence-corrected chi connectivity index (χ0v) is 13.1. The molecule has 1 atom stereocenters. The SMILES string of the molecule is CCCNCC1CCCN(S(=O)(=O)Nc2cncnc2)C1. The summed E-state index contributed by atoms with van der Waals surface area (Å²) < 4.78 is 28.8. The smallest absolute Gasteiger partial charge is 0.301 e. The average molecular weight is 313 g/mol. The fourth-order valence-corrected chi connectivity index (χ4v) is 3.77. The van der Waals surface area contributed by atoms with Crippen LogP contribution in [0, 0.1) is 5.92 Å². The highest BCUT2D eigenvalue weighted by Crippen LogP contribution is 2.19. The first-order chi connectivity index (χ1) is 10.1. The summed E-state index contributed by atoms with van der Waals surface area (Å²) in [5.74, 6) is 0.369. The molecule has 0 aliphatic carbocycles. The Morgan fingerprint density at radius 2 is 2.14 bits per heavy atom. The lowest BCUT2D eigenvalue weighted by molar-refractivity contribution is 0.261. The van der Waals surface area contributed by atoms with E-state index in [1.165, 1.54) is 23.0 Å². The fourth-order valence-electron chi connectivity index (χ4n) is 2.46. The second kappa shape index (κ2) is 7.67. The van der Waals surface area contributed by atoms with E-state index in [4.69, 9.17) is 0 Å². The molecule has 7 nitrogen and oxygen atoms in total. The van der Waals surface area contributed by atoms with Crippen LogP contribution in [0.3, 0.4) is 0 Å². The number of piperidine rings is 1. The minimum Gasteiger partial charge on any atom is -0.316 e. The summed E-state index contributed by atoms with van der Waals surface area (Å²) in [6.45, 7) is 5.08. The average Bonchev–Trinajstić information content (AvgIpc) is 2.48. The number of rotatable bonds is 7. The van der Waals surface area contributed by atoms with Crippen molar-refractivity contribution >= 4 is 15.9 Å². The Bertz CT molecular complexity index is 523. The third kappa shape index (κ3) is 4.90. The zero-order chi connectivity index (χ0) is 15.1. The van der Waals surface area contributed by atoms with Gasteiger partial charge >= 0.3 is 10.2 Å². The van der Waals surface area contributed by atoms with Gasteiger partial charge in [-0.3, -0.25) is 4.72 Å². The molecule has 1 fully saturated rings. The largest absolute Gasteiger partial charge is 0.316 e. The Morgan fingerprint density at radius 3 is 2.86 bits per heavy atom. The molecule has 0 bridgehead atoms. The van der Waals surface area contributed by atoms with Gasteiger partial charge in [0.2, 0.25) is 0 Å². The molecule has 2 heterocycles. The molecule has 1 unspecified atom stereocenters. The summed E-state index contributed by atoms with van der Waals surface area (Å²) in [4.78, 5) is 7.62. The molecule has 2 rings (SSSR count). The van der Waals surface area contributed by atoms with Crippen LogP contribution in [-0.2, 0) is 10.2 Å². The third-order valence-electron chi connectivity index (χ3n) is 3.49. The van der Waals surface area contributed by atoms with E-state index >= 15 is 0 Å². The number of nitrogens with one attached hydrogen (secondary N) is 2. The van der Waals surface area contributed by atoms with E-state index in [1.807, 2.05) is 0 Å². The molecule has 21 heavy (non-hydrogen) atoms. The molecule has 2 N–H and O–H groups in total. The molecule has 8 heteroatoms. The maximum atomic E-state index is 12.4. The van der Waals surface area contributed by atoms with Crippen molar-refractivity contribution in [1.82, 2.24) is 19.6 Å². The van der Waals surface area contributed by atoms with Gasteiger partial charge in [0.15, 0.2) is 0 Å². The molecular formula is C13H23N5O2S. The fraction of sp³-hybridized carbons (Fsp3) is 0.692. The highest BCUT2D eigenvalue weighted by atomic mass is 32.2. The minimum absolute atomic E-state index is 0.369. The molecule has 0 aromatic carbocycles. The van der Waals surface area contributed by atoms with E-state index in [0.29, 0.717) is 24.7 Å². The van der Waals surface area contributed by atoms with Crippen LogP contribution < -0.4 is 10.0 Å². The highest BCUT2D eigenvalue weighted by molar-refractivity contribution is 7.90. The highest BCUT2D eigenvalue weighted by Gasteiger charge is 2.28. The Morgan fingerprint density at radius 1 is 1.38 bits per heavy atom. The molecule has 118 valence electrons. The standard InChI is InChI=1S/C13H23N5O2S/c1-2-5-14-7-12-4-3-6-18(10-12)21(19,20)17-13-8-15-11-16-9-13/h8-9,11-12,14,17H,2-7,10H2,1H3.